The Morgan fingerprint density at radius 3 is 2.71 bits per heavy atom. The molecule has 0 aromatic carbocycles. The van der Waals surface area contributed by atoms with Gasteiger partial charge in [0, 0.05) is 0 Å². The minimum absolute atomic E-state index is 0.660. The minimum atomic E-state index is 0.660. The third-order valence-corrected chi connectivity index (χ3v) is 3.68. The molecule has 0 spiro atoms. The standard InChI is InChI=1S/C17H26/c1-5-9-14(3)13-16-12-8-7-11-15(4)17(16)10-6-2/h5-8,10,14-16H,1-2,9,11-13H2,3-4H3/b17-10-. The molecule has 0 aromatic rings. The van der Waals surface area contributed by atoms with Crippen LogP contribution in [0.1, 0.15) is 39.5 Å². The van der Waals surface area contributed by atoms with Crippen molar-refractivity contribution in [3.8, 4) is 0 Å². The summed E-state index contributed by atoms with van der Waals surface area (Å²) in [5, 5.41) is 0. The lowest BCUT2D eigenvalue weighted by Gasteiger charge is -2.24. The van der Waals surface area contributed by atoms with Crippen LogP contribution in [-0.4, -0.2) is 0 Å². The Bertz CT molecular complexity index is 306. The van der Waals surface area contributed by atoms with Crippen LogP contribution in [0.4, 0.5) is 0 Å². The van der Waals surface area contributed by atoms with Gasteiger partial charge in [-0.25, -0.2) is 0 Å². The maximum Gasteiger partial charge on any atom is -0.0160 e. The Hall–Kier alpha value is -1.04. The van der Waals surface area contributed by atoms with Crippen molar-refractivity contribution in [2.75, 3.05) is 0 Å². The second-order valence-electron chi connectivity index (χ2n) is 5.31. The molecule has 0 aliphatic heterocycles. The molecule has 0 amide bonds. The summed E-state index contributed by atoms with van der Waals surface area (Å²) in [6.07, 6.45) is 15.7. The van der Waals surface area contributed by atoms with Crippen molar-refractivity contribution in [2.24, 2.45) is 17.8 Å². The SMILES string of the molecule is C=C/C=C1/C(C)CC=CCC1CC(C)CC=C. The quantitative estimate of drug-likeness (QED) is 0.562. The zero-order valence-electron chi connectivity index (χ0n) is 11.4. The largest absolute Gasteiger partial charge is 0.103 e. The summed E-state index contributed by atoms with van der Waals surface area (Å²) in [5.41, 5.74) is 1.58. The van der Waals surface area contributed by atoms with Crippen LogP contribution in [0.5, 0.6) is 0 Å². The van der Waals surface area contributed by atoms with E-state index in [0.717, 1.165) is 12.3 Å². The molecule has 0 saturated heterocycles. The molecule has 1 aliphatic carbocycles. The van der Waals surface area contributed by atoms with Gasteiger partial charge in [0.25, 0.3) is 0 Å². The van der Waals surface area contributed by atoms with Gasteiger partial charge in [-0.3, -0.25) is 0 Å². The first-order chi connectivity index (χ1) is 8.19. The molecule has 0 heteroatoms. The Balaban J connectivity index is 2.76. The molecule has 0 nitrogen and oxygen atoms in total. The molecular formula is C17H26. The molecule has 94 valence electrons. The molecule has 17 heavy (non-hydrogen) atoms. The summed E-state index contributed by atoms with van der Waals surface area (Å²) in [4.78, 5) is 0. The molecule has 0 aromatic heterocycles. The molecule has 0 heterocycles. The Morgan fingerprint density at radius 2 is 2.06 bits per heavy atom. The van der Waals surface area contributed by atoms with E-state index in [-0.39, 0.29) is 0 Å². The molecular weight excluding hydrogens is 204 g/mol. The fraction of sp³-hybridized carbons (Fsp3) is 0.529. The van der Waals surface area contributed by atoms with Crippen LogP contribution in [-0.2, 0) is 0 Å². The summed E-state index contributed by atoms with van der Waals surface area (Å²) in [7, 11) is 0. The normalized spacial score (nSPS) is 28.7. The van der Waals surface area contributed by atoms with Crippen LogP contribution in [0, 0.1) is 17.8 Å². The zero-order chi connectivity index (χ0) is 12.7. The number of allylic oxidation sites excluding steroid dienone is 6. The zero-order valence-corrected chi connectivity index (χ0v) is 11.4. The van der Waals surface area contributed by atoms with Crippen LogP contribution in [0.2, 0.25) is 0 Å². The van der Waals surface area contributed by atoms with Gasteiger partial charge < -0.3 is 0 Å². The van der Waals surface area contributed by atoms with Gasteiger partial charge in [0.2, 0.25) is 0 Å². The first-order valence-corrected chi connectivity index (χ1v) is 6.77. The second kappa shape index (κ2) is 7.32. The van der Waals surface area contributed by atoms with Crippen molar-refractivity contribution in [3.05, 3.63) is 49.1 Å². The van der Waals surface area contributed by atoms with Crippen molar-refractivity contribution < 1.29 is 0 Å². The minimum Gasteiger partial charge on any atom is -0.103 e. The van der Waals surface area contributed by atoms with Crippen molar-refractivity contribution >= 4 is 0 Å². The Kier molecular flexibility index (Phi) is 6.04. The van der Waals surface area contributed by atoms with Gasteiger partial charge in [-0.1, -0.05) is 56.4 Å². The smallest absolute Gasteiger partial charge is 0.0160 e. The van der Waals surface area contributed by atoms with Crippen LogP contribution >= 0.6 is 0 Å². The summed E-state index contributed by atoms with van der Waals surface area (Å²) >= 11 is 0. The average molecular weight is 230 g/mol. The highest BCUT2D eigenvalue weighted by atomic mass is 14.3. The maximum absolute atomic E-state index is 3.86. The predicted molar refractivity (Wildman–Crippen MR) is 77.9 cm³/mol. The molecule has 0 N–H and O–H groups in total. The van der Waals surface area contributed by atoms with Gasteiger partial charge in [-0.2, -0.15) is 0 Å². The van der Waals surface area contributed by atoms with Gasteiger partial charge in [0.05, 0.1) is 0 Å². The fourth-order valence-corrected chi connectivity index (χ4v) is 2.77. The van der Waals surface area contributed by atoms with Gasteiger partial charge in [-0.15, -0.1) is 6.58 Å². The number of hydrogen-bond acceptors (Lipinski definition) is 0. The molecule has 1 aliphatic rings. The van der Waals surface area contributed by atoms with Gasteiger partial charge >= 0.3 is 0 Å². The van der Waals surface area contributed by atoms with Crippen LogP contribution in [0.15, 0.2) is 49.1 Å². The first-order valence-electron chi connectivity index (χ1n) is 6.77. The lowest BCUT2D eigenvalue weighted by Crippen LogP contribution is -2.12. The van der Waals surface area contributed by atoms with Crippen LogP contribution in [0.25, 0.3) is 0 Å². The number of hydrogen-bond donors (Lipinski definition) is 0. The maximum atomic E-state index is 3.86. The summed E-state index contributed by atoms with van der Waals surface area (Å²) in [5.74, 6) is 2.08. The average Bonchev–Trinajstić information content (AvgIpc) is 2.45. The van der Waals surface area contributed by atoms with E-state index in [4.69, 9.17) is 0 Å². The van der Waals surface area contributed by atoms with E-state index in [1.54, 1.807) is 5.57 Å². The van der Waals surface area contributed by atoms with E-state index in [9.17, 15) is 0 Å². The van der Waals surface area contributed by atoms with Gasteiger partial charge in [0.1, 0.15) is 0 Å². The Labute approximate surface area is 107 Å². The summed E-state index contributed by atoms with van der Waals surface area (Å²) in [6, 6.07) is 0. The topological polar surface area (TPSA) is 0 Å². The van der Waals surface area contributed by atoms with E-state index < -0.39 is 0 Å². The summed E-state index contributed by atoms with van der Waals surface area (Å²) < 4.78 is 0. The molecule has 0 radical (unpaired) electrons. The van der Waals surface area contributed by atoms with Crippen molar-refractivity contribution in [1.82, 2.24) is 0 Å². The van der Waals surface area contributed by atoms with Crippen molar-refractivity contribution in [1.29, 1.82) is 0 Å². The Morgan fingerprint density at radius 1 is 1.35 bits per heavy atom. The molecule has 3 unspecified atom stereocenters. The van der Waals surface area contributed by atoms with E-state index in [0.29, 0.717) is 11.8 Å². The van der Waals surface area contributed by atoms with E-state index >= 15 is 0 Å². The van der Waals surface area contributed by atoms with E-state index in [2.05, 4.69) is 45.2 Å². The molecule has 1 rings (SSSR count). The second-order valence-corrected chi connectivity index (χ2v) is 5.31. The highest BCUT2D eigenvalue weighted by Crippen LogP contribution is 2.34. The fourth-order valence-electron chi connectivity index (χ4n) is 2.77. The molecule has 3 atom stereocenters. The first kappa shape index (κ1) is 14.0. The highest BCUT2D eigenvalue weighted by molar-refractivity contribution is 5.20. The number of rotatable bonds is 5. The highest BCUT2D eigenvalue weighted by Gasteiger charge is 2.21. The van der Waals surface area contributed by atoms with E-state index in [1.807, 2.05) is 12.2 Å². The van der Waals surface area contributed by atoms with Crippen LogP contribution in [0.3, 0.4) is 0 Å². The third-order valence-electron chi connectivity index (χ3n) is 3.68. The lowest BCUT2D eigenvalue weighted by atomic mass is 9.81. The molecule has 0 bridgehead atoms. The monoisotopic (exact) mass is 230 g/mol. The van der Waals surface area contributed by atoms with E-state index in [1.165, 1.54) is 19.3 Å². The lowest BCUT2D eigenvalue weighted by molar-refractivity contribution is 0.414. The van der Waals surface area contributed by atoms with Gasteiger partial charge in [-0.05, 0) is 43.4 Å². The predicted octanol–water partition coefficient (Wildman–Crippen LogP) is 5.30. The van der Waals surface area contributed by atoms with Crippen molar-refractivity contribution in [2.45, 2.75) is 39.5 Å². The van der Waals surface area contributed by atoms with Crippen LogP contribution < -0.4 is 0 Å². The van der Waals surface area contributed by atoms with Gasteiger partial charge in [0.15, 0.2) is 0 Å². The molecule has 0 fully saturated rings. The summed E-state index contributed by atoms with van der Waals surface area (Å²) in [6.45, 7) is 12.3. The van der Waals surface area contributed by atoms with Crippen molar-refractivity contribution in [3.63, 3.8) is 0 Å². The molecule has 0 saturated carbocycles. The third kappa shape index (κ3) is 4.38.